The molecule has 0 fully saturated rings. The van der Waals surface area contributed by atoms with Crippen LogP contribution in [-0.2, 0) is 4.79 Å². The molecule has 2 amide bonds. The van der Waals surface area contributed by atoms with Gasteiger partial charge in [-0.15, -0.1) is 10.2 Å². The number of anilines is 2. The summed E-state index contributed by atoms with van der Waals surface area (Å²) in [6, 6.07) is 14.0. The number of hydrogen-bond acceptors (Lipinski definition) is 7. The number of benzene rings is 2. The van der Waals surface area contributed by atoms with Crippen molar-refractivity contribution < 1.29 is 23.5 Å². The summed E-state index contributed by atoms with van der Waals surface area (Å²) in [7, 11) is 0. The van der Waals surface area contributed by atoms with Crippen LogP contribution in [0.4, 0.5) is 15.8 Å². The van der Waals surface area contributed by atoms with Crippen LogP contribution in [0.5, 0.6) is 11.5 Å². The number of hydrogen-bond donors (Lipinski definition) is 2. The zero-order chi connectivity index (χ0) is 22.8. The molecule has 166 valence electrons. The lowest BCUT2D eigenvalue weighted by atomic mass is 10.2. The number of aromatic nitrogens is 3. The first-order chi connectivity index (χ1) is 16.0. The van der Waals surface area contributed by atoms with Crippen molar-refractivity contribution in [1.82, 2.24) is 14.6 Å². The van der Waals surface area contributed by atoms with E-state index in [0.717, 1.165) is 0 Å². The third-order valence-electron chi connectivity index (χ3n) is 4.70. The molecule has 1 aliphatic heterocycles. The number of rotatable bonds is 6. The number of halogens is 1. The van der Waals surface area contributed by atoms with Gasteiger partial charge in [0.15, 0.2) is 22.3 Å². The molecule has 0 bridgehead atoms. The summed E-state index contributed by atoms with van der Waals surface area (Å²) in [5, 5.41) is 14.1. The van der Waals surface area contributed by atoms with E-state index in [2.05, 4.69) is 20.8 Å². The Morgan fingerprint density at radius 2 is 1.85 bits per heavy atom. The first-order valence-corrected chi connectivity index (χ1v) is 10.8. The minimum Gasteiger partial charge on any atom is -0.454 e. The van der Waals surface area contributed by atoms with Crippen molar-refractivity contribution in [3.8, 4) is 11.5 Å². The van der Waals surface area contributed by atoms with Gasteiger partial charge in [0.1, 0.15) is 5.82 Å². The van der Waals surface area contributed by atoms with E-state index in [9.17, 15) is 14.0 Å². The number of carbonyl (C=O) groups is 2. The van der Waals surface area contributed by atoms with Gasteiger partial charge in [0.2, 0.25) is 12.7 Å². The van der Waals surface area contributed by atoms with Gasteiger partial charge in [-0.2, -0.15) is 0 Å². The molecule has 0 unspecified atom stereocenters. The molecule has 5 rings (SSSR count). The second kappa shape index (κ2) is 8.79. The molecule has 2 aromatic carbocycles. The Hall–Kier alpha value is -4.12. The number of ether oxygens (including phenoxy) is 2. The molecule has 0 radical (unpaired) electrons. The van der Waals surface area contributed by atoms with E-state index in [1.807, 2.05) is 0 Å². The summed E-state index contributed by atoms with van der Waals surface area (Å²) in [6.07, 6.45) is 1.57. The molecule has 0 atom stereocenters. The van der Waals surface area contributed by atoms with Gasteiger partial charge in [0.05, 0.1) is 11.3 Å². The summed E-state index contributed by atoms with van der Waals surface area (Å²) in [6.45, 7) is 0.158. The minimum atomic E-state index is -0.445. The lowest BCUT2D eigenvalue weighted by Crippen LogP contribution is -2.14. The normalized spacial score (nSPS) is 12.0. The highest BCUT2D eigenvalue weighted by atomic mass is 32.2. The van der Waals surface area contributed by atoms with Crippen LogP contribution in [0.3, 0.4) is 0 Å². The molecule has 2 N–H and O–H groups in total. The van der Waals surface area contributed by atoms with Gasteiger partial charge in [0, 0.05) is 23.6 Å². The third-order valence-corrected chi connectivity index (χ3v) is 5.65. The van der Waals surface area contributed by atoms with E-state index in [0.29, 0.717) is 39.2 Å². The Kier molecular flexibility index (Phi) is 5.53. The standard InChI is InChI=1S/C22H16FN5O4S/c23-14-2-1-3-15(8-14)25-21(30)13-4-7-19-26-27-22(28(19)10-13)33-11-20(29)24-16-5-6-17-18(9-16)32-12-31-17/h1-10H,11-12H2,(H,24,29)(H,25,30). The molecule has 3 heterocycles. The summed E-state index contributed by atoms with van der Waals surface area (Å²) in [5.74, 6) is 0.195. The van der Waals surface area contributed by atoms with E-state index in [-0.39, 0.29) is 18.5 Å². The SMILES string of the molecule is O=C(CSc1nnc2ccc(C(=O)Nc3cccc(F)c3)cn12)Nc1ccc2c(c1)OCO2. The molecular weight excluding hydrogens is 449 g/mol. The second-order valence-electron chi connectivity index (χ2n) is 7.00. The molecule has 1 aliphatic rings. The molecule has 4 aromatic rings. The summed E-state index contributed by atoms with van der Waals surface area (Å²) >= 11 is 1.18. The topological polar surface area (TPSA) is 107 Å². The summed E-state index contributed by atoms with van der Waals surface area (Å²) < 4.78 is 25.6. The highest BCUT2D eigenvalue weighted by molar-refractivity contribution is 7.99. The van der Waals surface area contributed by atoms with Crippen LogP contribution in [0.25, 0.3) is 5.65 Å². The quantitative estimate of drug-likeness (QED) is 0.419. The third kappa shape index (κ3) is 4.58. The predicted octanol–water partition coefficient (Wildman–Crippen LogP) is 3.58. The van der Waals surface area contributed by atoms with Gasteiger partial charge in [-0.3, -0.25) is 14.0 Å². The molecule has 11 heteroatoms. The van der Waals surface area contributed by atoms with Gasteiger partial charge in [0.25, 0.3) is 5.91 Å². The number of thioether (sulfide) groups is 1. The fraction of sp³-hybridized carbons (Fsp3) is 0.0909. The van der Waals surface area contributed by atoms with Crippen LogP contribution in [0.15, 0.2) is 66.0 Å². The number of nitrogens with one attached hydrogen (secondary N) is 2. The summed E-state index contributed by atoms with van der Waals surface area (Å²) in [5.41, 5.74) is 1.79. The van der Waals surface area contributed by atoms with Crippen LogP contribution in [0, 0.1) is 5.82 Å². The second-order valence-corrected chi connectivity index (χ2v) is 7.94. The highest BCUT2D eigenvalue weighted by Gasteiger charge is 2.16. The lowest BCUT2D eigenvalue weighted by Gasteiger charge is -2.07. The van der Waals surface area contributed by atoms with Crippen molar-refractivity contribution in [2.24, 2.45) is 0 Å². The van der Waals surface area contributed by atoms with Crippen molar-refractivity contribution in [3.63, 3.8) is 0 Å². The van der Waals surface area contributed by atoms with E-state index in [1.54, 1.807) is 47.0 Å². The van der Waals surface area contributed by atoms with Crippen molar-refractivity contribution >= 4 is 40.6 Å². The molecule has 33 heavy (non-hydrogen) atoms. The molecule has 0 spiro atoms. The summed E-state index contributed by atoms with van der Waals surface area (Å²) in [4.78, 5) is 25.0. The van der Waals surface area contributed by atoms with Gasteiger partial charge in [-0.1, -0.05) is 17.8 Å². The Labute approximate surface area is 190 Å². The number of pyridine rings is 1. The highest BCUT2D eigenvalue weighted by Crippen LogP contribution is 2.34. The zero-order valence-electron chi connectivity index (χ0n) is 16.9. The van der Waals surface area contributed by atoms with Crippen molar-refractivity contribution in [2.75, 3.05) is 23.2 Å². The van der Waals surface area contributed by atoms with Crippen LogP contribution in [0.2, 0.25) is 0 Å². The fourth-order valence-electron chi connectivity index (χ4n) is 3.17. The van der Waals surface area contributed by atoms with E-state index in [4.69, 9.17) is 9.47 Å². The maximum absolute atomic E-state index is 13.4. The monoisotopic (exact) mass is 465 g/mol. The van der Waals surface area contributed by atoms with Gasteiger partial charge in [-0.25, -0.2) is 4.39 Å². The molecule has 0 aliphatic carbocycles. The van der Waals surface area contributed by atoms with E-state index >= 15 is 0 Å². The van der Waals surface area contributed by atoms with Crippen molar-refractivity contribution in [3.05, 3.63) is 72.2 Å². The van der Waals surface area contributed by atoms with Crippen molar-refractivity contribution in [1.29, 1.82) is 0 Å². The first-order valence-electron chi connectivity index (χ1n) is 9.79. The average molecular weight is 465 g/mol. The lowest BCUT2D eigenvalue weighted by molar-refractivity contribution is -0.113. The number of amides is 2. The predicted molar refractivity (Wildman–Crippen MR) is 119 cm³/mol. The number of fused-ring (bicyclic) bond motifs is 2. The van der Waals surface area contributed by atoms with Crippen LogP contribution < -0.4 is 20.1 Å². The van der Waals surface area contributed by atoms with Crippen LogP contribution >= 0.6 is 11.8 Å². The average Bonchev–Trinajstić information content (AvgIpc) is 3.43. The van der Waals surface area contributed by atoms with Gasteiger partial charge >= 0.3 is 0 Å². The molecule has 2 aromatic heterocycles. The number of nitrogens with zero attached hydrogens (tertiary/aromatic N) is 3. The fourth-order valence-corrected chi connectivity index (χ4v) is 3.89. The Morgan fingerprint density at radius 1 is 1.00 bits per heavy atom. The first kappa shape index (κ1) is 20.8. The Balaban J connectivity index is 1.25. The Bertz CT molecular complexity index is 1380. The van der Waals surface area contributed by atoms with Gasteiger partial charge in [-0.05, 0) is 42.5 Å². The van der Waals surface area contributed by atoms with Crippen molar-refractivity contribution in [2.45, 2.75) is 5.16 Å². The minimum absolute atomic E-state index is 0.0783. The van der Waals surface area contributed by atoms with E-state index in [1.165, 1.54) is 30.0 Å². The smallest absolute Gasteiger partial charge is 0.257 e. The van der Waals surface area contributed by atoms with Crippen LogP contribution in [-0.4, -0.2) is 39.0 Å². The zero-order valence-corrected chi connectivity index (χ0v) is 17.8. The van der Waals surface area contributed by atoms with Crippen LogP contribution in [0.1, 0.15) is 10.4 Å². The Morgan fingerprint density at radius 3 is 2.73 bits per heavy atom. The maximum Gasteiger partial charge on any atom is 0.257 e. The molecule has 0 saturated heterocycles. The molecule has 9 nitrogen and oxygen atoms in total. The number of carbonyl (C=O) groups excluding carboxylic acids is 2. The maximum atomic E-state index is 13.4. The molecule has 0 saturated carbocycles. The van der Waals surface area contributed by atoms with Gasteiger partial charge < -0.3 is 20.1 Å². The van der Waals surface area contributed by atoms with E-state index < -0.39 is 11.7 Å². The molecular formula is C22H16FN5O4S. The largest absolute Gasteiger partial charge is 0.454 e.